The van der Waals surface area contributed by atoms with Crippen LogP contribution in [0, 0.1) is 0 Å². The zero-order chi connectivity index (χ0) is 15.5. The fourth-order valence-corrected chi connectivity index (χ4v) is 1.72. The molecule has 0 fully saturated rings. The lowest BCUT2D eigenvalue weighted by molar-refractivity contribution is 0.105. The first-order valence-corrected chi connectivity index (χ1v) is 7.24. The summed E-state index contributed by atoms with van der Waals surface area (Å²) in [4.78, 5) is 28.0. The first-order valence-electron chi connectivity index (χ1n) is 7.24. The lowest BCUT2D eigenvalue weighted by Gasteiger charge is -2.03. The van der Waals surface area contributed by atoms with E-state index in [2.05, 4.69) is 22.2 Å². The van der Waals surface area contributed by atoms with Gasteiger partial charge in [0.05, 0.1) is 0 Å². The highest BCUT2D eigenvalue weighted by atomic mass is 16.7. The van der Waals surface area contributed by atoms with Gasteiger partial charge < -0.3 is 5.32 Å². The maximum atomic E-state index is 11.9. The predicted molar refractivity (Wildman–Crippen MR) is 82.5 cm³/mol. The van der Waals surface area contributed by atoms with Gasteiger partial charge in [-0.3, -0.25) is 9.63 Å². The van der Waals surface area contributed by atoms with Crippen molar-refractivity contribution in [2.75, 3.05) is 6.54 Å². The molecule has 1 rings (SSSR count). The second-order valence-electron chi connectivity index (χ2n) is 4.74. The normalized spacial score (nSPS) is 11.0. The van der Waals surface area contributed by atoms with Crippen LogP contribution in [0.25, 0.3) is 0 Å². The van der Waals surface area contributed by atoms with Crippen molar-refractivity contribution in [3.05, 3.63) is 35.9 Å². The van der Waals surface area contributed by atoms with E-state index in [1.54, 1.807) is 24.3 Å². The van der Waals surface area contributed by atoms with E-state index in [4.69, 9.17) is 0 Å². The third-order valence-corrected chi connectivity index (χ3v) is 2.93. The summed E-state index contributed by atoms with van der Waals surface area (Å²) in [6.07, 6.45) is 3.65. The van der Waals surface area contributed by atoms with Crippen LogP contribution in [0.5, 0.6) is 0 Å². The number of oxime groups is 1. The van der Waals surface area contributed by atoms with Gasteiger partial charge in [0.15, 0.2) is 0 Å². The van der Waals surface area contributed by atoms with Gasteiger partial charge >= 0.3 is 6.09 Å². The summed E-state index contributed by atoms with van der Waals surface area (Å²) in [5.74, 6) is -0.258. The Labute approximate surface area is 125 Å². The van der Waals surface area contributed by atoms with Gasteiger partial charge in [0, 0.05) is 12.1 Å². The Bertz CT molecular complexity index is 484. The molecular weight excluding hydrogens is 268 g/mol. The molecule has 0 spiro atoms. The molecule has 1 aromatic rings. The molecule has 0 heterocycles. The lowest BCUT2D eigenvalue weighted by atomic mass is 10.1. The van der Waals surface area contributed by atoms with E-state index in [1.165, 1.54) is 6.92 Å². The van der Waals surface area contributed by atoms with Crippen molar-refractivity contribution >= 4 is 17.6 Å². The predicted octanol–water partition coefficient (Wildman–Crippen LogP) is 3.55. The van der Waals surface area contributed by atoms with Gasteiger partial charge in [-0.05, 0) is 13.3 Å². The quantitative estimate of drug-likeness (QED) is 0.262. The topological polar surface area (TPSA) is 67.8 Å². The number of hydrogen-bond acceptors (Lipinski definition) is 4. The van der Waals surface area contributed by atoms with Crippen molar-refractivity contribution in [1.29, 1.82) is 0 Å². The number of nitrogens with zero attached hydrogens (tertiary/aromatic N) is 1. The smallest absolute Gasteiger partial charge is 0.320 e. The maximum absolute atomic E-state index is 11.9. The number of nitrogens with one attached hydrogen (secondary N) is 1. The molecule has 0 radical (unpaired) electrons. The van der Waals surface area contributed by atoms with Crippen LogP contribution in [0.4, 0.5) is 4.79 Å². The molecule has 5 nitrogen and oxygen atoms in total. The number of rotatable bonds is 8. The number of carbonyl (C=O) groups is 2. The van der Waals surface area contributed by atoms with Crippen LogP contribution >= 0.6 is 0 Å². The summed E-state index contributed by atoms with van der Waals surface area (Å²) < 4.78 is 0. The summed E-state index contributed by atoms with van der Waals surface area (Å²) >= 11 is 0. The first kappa shape index (κ1) is 16.9. The minimum Gasteiger partial charge on any atom is -0.320 e. The summed E-state index contributed by atoms with van der Waals surface area (Å²) in [5.41, 5.74) is 0.657. The fraction of sp³-hybridized carbons (Fsp3) is 0.438. The van der Waals surface area contributed by atoms with Crippen molar-refractivity contribution in [1.82, 2.24) is 5.32 Å². The van der Waals surface area contributed by atoms with Gasteiger partial charge in [-0.2, -0.15) is 0 Å². The van der Waals surface area contributed by atoms with Crippen LogP contribution in [0.3, 0.4) is 0 Å². The molecule has 0 aromatic heterocycles. The van der Waals surface area contributed by atoms with Gasteiger partial charge in [0.2, 0.25) is 5.78 Å². The Balaban J connectivity index is 2.34. The third-order valence-electron chi connectivity index (χ3n) is 2.93. The summed E-state index contributed by atoms with van der Waals surface area (Å²) in [6, 6.07) is 8.74. The molecule has 0 aliphatic carbocycles. The number of Topliss-reactive ketones (excluding diaryl/α,β-unsaturated/α-hetero) is 1. The van der Waals surface area contributed by atoms with Crippen LogP contribution in [-0.2, 0) is 4.84 Å². The van der Waals surface area contributed by atoms with Crippen LogP contribution in [0.15, 0.2) is 35.5 Å². The number of hydrogen-bond donors (Lipinski definition) is 1. The molecule has 0 saturated heterocycles. The standard InChI is InChI=1S/C16H22N2O3/c1-3-4-5-9-12-17-16(20)21-18-13(2)15(19)14-10-7-6-8-11-14/h6-8,10-11H,3-5,9,12H2,1-2H3,(H,17,20)/b18-13+. The van der Waals surface area contributed by atoms with Crippen molar-refractivity contribution < 1.29 is 14.4 Å². The molecule has 0 saturated carbocycles. The van der Waals surface area contributed by atoms with Crippen molar-refractivity contribution in [2.45, 2.75) is 39.5 Å². The maximum Gasteiger partial charge on any atom is 0.433 e. The van der Waals surface area contributed by atoms with Gasteiger partial charge in [-0.25, -0.2) is 4.79 Å². The van der Waals surface area contributed by atoms with Gasteiger partial charge in [-0.15, -0.1) is 0 Å². The first-order chi connectivity index (χ1) is 10.1. The van der Waals surface area contributed by atoms with E-state index in [0.29, 0.717) is 12.1 Å². The van der Waals surface area contributed by atoms with E-state index in [9.17, 15) is 9.59 Å². The fourth-order valence-electron chi connectivity index (χ4n) is 1.72. The van der Waals surface area contributed by atoms with Crippen LogP contribution in [0.1, 0.15) is 49.9 Å². The van der Waals surface area contributed by atoms with Crippen molar-refractivity contribution in [2.24, 2.45) is 5.16 Å². The van der Waals surface area contributed by atoms with Gasteiger partial charge in [0.25, 0.3) is 0 Å². The van der Waals surface area contributed by atoms with Gasteiger partial charge in [-0.1, -0.05) is 61.7 Å². The van der Waals surface area contributed by atoms with E-state index in [-0.39, 0.29) is 11.5 Å². The number of ketones is 1. The molecule has 0 unspecified atom stereocenters. The SMILES string of the molecule is CCCCCCNC(=O)O/N=C(\C)C(=O)c1ccccc1. The summed E-state index contributed by atoms with van der Waals surface area (Å²) in [5, 5.41) is 6.17. The average Bonchev–Trinajstić information content (AvgIpc) is 2.52. The summed E-state index contributed by atoms with van der Waals surface area (Å²) in [7, 11) is 0. The van der Waals surface area contributed by atoms with E-state index in [1.807, 2.05) is 6.07 Å². The number of unbranched alkanes of at least 4 members (excludes halogenated alkanes) is 3. The minimum absolute atomic E-state index is 0.141. The van der Waals surface area contributed by atoms with Crippen LogP contribution < -0.4 is 5.32 Å². The third kappa shape index (κ3) is 6.70. The highest BCUT2D eigenvalue weighted by molar-refractivity contribution is 6.45. The molecule has 1 aromatic carbocycles. The van der Waals surface area contributed by atoms with Gasteiger partial charge in [0.1, 0.15) is 5.71 Å². The highest BCUT2D eigenvalue weighted by Crippen LogP contribution is 2.02. The zero-order valence-electron chi connectivity index (χ0n) is 12.6. The Morgan fingerprint density at radius 3 is 2.52 bits per heavy atom. The van der Waals surface area contributed by atoms with Crippen molar-refractivity contribution in [3.63, 3.8) is 0 Å². The highest BCUT2D eigenvalue weighted by Gasteiger charge is 2.10. The van der Waals surface area contributed by atoms with Crippen LogP contribution in [0.2, 0.25) is 0 Å². The molecule has 0 aliphatic heterocycles. The van der Waals surface area contributed by atoms with E-state index >= 15 is 0 Å². The molecule has 5 heteroatoms. The second kappa shape index (κ2) is 9.69. The lowest BCUT2D eigenvalue weighted by Crippen LogP contribution is -2.24. The monoisotopic (exact) mass is 290 g/mol. The molecule has 0 bridgehead atoms. The molecule has 0 aliphatic rings. The van der Waals surface area contributed by atoms with Crippen LogP contribution in [-0.4, -0.2) is 24.1 Å². The minimum atomic E-state index is -0.633. The Morgan fingerprint density at radius 1 is 1.14 bits per heavy atom. The Kier molecular flexibility index (Phi) is 7.79. The Morgan fingerprint density at radius 2 is 1.86 bits per heavy atom. The number of amides is 1. The van der Waals surface area contributed by atoms with Crippen molar-refractivity contribution in [3.8, 4) is 0 Å². The second-order valence-corrected chi connectivity index (χ2v) is 4.74. The Hall–Kier alpha value is -2.17. The number of benzene rings is 1. The molecule has 0 atom stereocenters. The molecule has 1 amide bonds. The molecule has 21 heavy (non-hydrogen) atoms. The zero-order valence-corrected chi connectivity index (χ0v) is 12.6. The average molecular weight is 290 g/mol. The molecular formula is C16H22N2O3. The molecule has 1 N–H and O–H groups in total. The largest absolute Gasteiger partial charge is 0.433 e. The molecule has 114 valence electrons. The van der Waals surface area contributed by atoms with E-state index in [0.717, 1.165) is 25.7 Å². The van der Waals surface area contributed by atoms with E-state index < -0.39 is 6.09 Å². The summed E-state index contributed by atoms with van der Waals surface area (Å²) in [6.45, 7) is 4.20. The number of carbonyl (C=O) groups excluding carboxylic acids is 2.